The first-order valence-electron chi connectivity index (χ1n) is 5.97. The number of hydrogen-bond acceptors (Lipinski definition) is 4. The third-order valence-corrected chi connectivity index (χ3v) is 4.36. The van der Waals surface area contributed by atoms with Crippen LogP contribution in [0.1, 0.15) is 26.2 Å². The highest BCUT2D eigenvalue weighted by Crippen LogP contribution is 2.50. The van der Waals surface area contributed by atoms with Crippen molar-refractivity contribution in [2.24, 2.45) is 5.41 Å². The van der Waals surface area contributed by atoms with E-state index in [1.54, 1.807) is 6.20 Å². The zero-order chi connectivity index (χ0) is 13.2. The van der Waals surface area contributed by atoms with E-state index in [0.29, 0.717) is 10.6 Å². The Hall–Kier alpha value is -1.30. The van der Waals surface area contributed by atoms with E-state index in [9.17, 15) is 9.59 Å². The maximum absolute atomic E-state index is 11.3. The summed E-state index contributed by atoms with van der Waals surface area (Å²) >= 11 is 1.10. The summed E-state index contributed by atoms with van der Waals surface area (Å²) in [4.78, 5) is 25.7. The summed E-state index contributed by atoms with van der Waals surface area (Å²) in [6.45, 7) is 2.98. The minimum absolute atomic E-state index is 0.0738. The van der Waals surface area contributed by atoms with Crippen LogP contribution < -0.4 is 5.56 Å². The molecule has 5 nitrogen and oxygen atoms in total. The van der Waals surface area contributed by atoms with E-state index in [0.717, 1.165) is 24.7 Å². The molecule has 1 aromatic heterocycles. The lowest BCUT2D eigenvalue weighted by Crippen LogP contribution is -2.18. The topological polar surface area (TPSA) is 72.2 Å². The minimum atomic E-state index is -0.902. The molecule has 1 aliphatic carbocycles. The van der Waals surface area contributed by atoms with Crippen LogP contribution in [0.2, 0.25) is 0 Å². The number of hydrogen-bond donors (Lipinski definition) is 1. The van der Waals surface area contributed by atoms with Gasteiger partial charge in [0.25, 0.3) is 5.56 Å². The standard InChI is InChI=1S/C12H16N2O3S/c1-2-12(4-5-12)8-14-6-3-9(15)13-11(14)18-7-10(16)17/h3,6H,2,4-5,7-8H2,1H3,(H,16,17). The van der Waals surface area contributed by atoms with Crippen LogP contribution >= 0.6 is 11.8 Å². The summed E-state index contributed by atoms with van der Waals surface area (Å²) in [7, 11) is 0. The summed E-state index contributed by atoms with van der Waals surface area (Å²) < 4.78 is 1.91. The van der Waals surface area contributed by atoms with E-state index in [-0.39, 0.29) is 11.3 Å². The molecule has 0 spiro atoms. The molecule has 1 aromatic rings. The molecule has 0 amide bonds. The molecular formula is C12H16N2O3S. The molecule has 1 N–H and O–H groups in total. The van der Waals surface area contributed by atoms with E-state index in [1.165, 1.54) is 18.9 Å². The molecule has 0 unspecified atom stereocenters. The molecule has 0 radical (unpaired) electrons. The molecule has 98 valence electrons. The molecule has 0 saturated heterocycles. The fourth-order valence-electron chi connectivity index (χ4n) is 1.94. The number of aromatic nitrogens is 2. The van der Waals surface area contributed by atoms with E-state index in [2.05, 4.69) is 11.9 Å². The second-order valence-corrected chi connectivity index (χ2v) is 5.65. The van der Waals surface area contributed by atoms with Crippen LogP contribution in [0, 0.1) is 5.41 Å². The highest BCUT2D eigenvalue weighted by molar-refractivity contribution is 7.99. The first kappa shape index (κ1) is 13.1. The molecule has 2 rings (SSSR count). The maximum atomic E-state index is 11.3. The Morgan fingerprint density at radius 3 is 2.89 bits per heavy atom. The summed E-state index contributed by atoms with van der Waals surface area (Å²) in [5, 5.41) is 9.19. The van der Waals surface area contributed by atoms with Gasteiger partial charge in [0.1, 0.15) is 0 Å². The van der Waals surface area contributed by atoms with Gasteiger partial charge in [0.15, 0.2) is 5.16 Å². The van der Waals surface area contributed by atoms with Crippen molar-refractivity contribution in [3.05, 3.63) is 22.6 Å². The van der Waals surface area contributed by atoms with E-state index in [4.69, 9.17) is 5.11 Å². The molecule has 1 fully saturated rings. The molecular weight excluding hydrogens is 252 g/mol. The van der Waals surface area contributed by atoms with Gasteiger partial charge in [-0.15, -0.1) is 0 Å². The van der Waals surface area contributed by atoms with Gasteiger partial charge in [-0.05, 0) is 24.7 Å². The largest absolute Gasteiger partial charge is 0.481 e. The zero-order valence-corrected chi connectivity index (χ0v) is 11.1. The van der Waals surface area contributed by atoms with Crippen LogP contribution in [-0.4, -0.2) is 26.4 Å². The Morgan fingerprint density at radius 2 is 2.33 bits per heavy atom. The Bertz CT molecular complexity index is 508. The van der Waals surface area contributed by atoms with Crippen LogP contribution in [0.25, 0.3) is 0 Å². The molecule has 0 bridgehead atoms. The third kappa shape index (κ3) is 3.13. The smallest absolute Gasteiger partial charge is 0.313 e. The van der Waals surface area contributed by atoms with Crippen molar-refractivity contribution in [2.45, 2.75) is 37.9 Å². The van der Waals surface area contributed by atoms with Gasteiger partial charge in [-0.1, -0.05) is 18.7 Å². The minimum Gasteiger partial charge on any atom is -0.481 e. The molecule has 1 heterocycles. The first-order valence-corrected chi connectivity index (χ1v) is 6.95. The van der Waals surface area contributed by atoms with Crippen molar-refractivity contribution < 1.29 is 9.90 Å². The van der Waals surface area contributed by atoms with Crippen molar-refractivity contribution in [2.75, 3.05) is 5.75 Å². The number of carboxylic acid groups (broad SMARTS) is 1. The van der Waals surface area contributed by atoms with Crippen molar-refractivity contribution in [1.82, 2.24) is 9.55 Å². The monoisotopic (exact) mass is 268 g/mol. The van der Waals surface area contributed by atoms with Crippen LogP contribution in [0.5, 0.6) is 0 Å². The summed E-state index contributed by atoms with van der Waals surface area (Å²) in [6, 6.07) is 1.43. The van der Waals surface area contributed by atoms with E-state index >= 15 is 0 Å². The van der Waals surface area contributed by atoms with Crippen molar-refractivity contribution in [1.29, 1.82) is 0 Å². The van der Waals surface area contributed by atoms with Crippen molar-refractivity contribution in [3.8, 4) is 0 Å². The number of aliphatic carboxylic acids is 1. The third-order valence-electron chi connectivity index (χ3n) is 3.39. The lowest BCUT2D eigenvalue weighted by molar-refractivity contribution is -0.133. The summed E-state index contributed by atoms with van der Waals surface area (Å²) in [5.41, 5.74) is 0.00966. The number of carbonyl (C=O) groups is 1. The predicted molar refractivity (Wildman–Crippen MR) is 68.8 cm³/mol. The van der Waals surface area contributed by atoms with Gasteiger partial charge in [-0.3, -0.25) is 9.59 Å². The Morgan fingerprint density at radius 1 is 1.61 bits per heavy atom. The lowest BCUT2D eigenvalue weighted by Gasteiger charge is -2.17. The first-order chi connectivity index (χ1) is 8.54. The van der Waals surface area contributed by atoms with Gasteiger partial charge < -0.3 is 9.67 Å². The molecule has 6 heteroatoms. The second kappa shape index (κ2) is 5.14. The highest BCUT2D eigenvalue weighted by Gasteiger charge is 2.41. The fraction of sp³-hybridized carbons (Fsp3) is 0.583. The average Bonchev–Trinajstić information content (AvgIpc) is 3.10. The lowest BCUT2D eigenvalue weighted by atomic mass is 10.0. The maximum Gasteiger partial charge on any atom is 0.313 e. The van der Waals surface area contributed by atoms with Gasteiger partial charge in [0.2, 0.25) is 0 Å². The van der Waals surface area contributed by atoms with Crippen LogP contribution in [0.4, 0.5) is 0 Å². The number of carboxylic acids is 1. The van der Waals surface area contributed by atoms with Gasteiger partial charge in [-0.2, -0.15) is 4.98 Å². The van der Waals surface area contributed by atoms with Crippen LogP contribution in [-0.2, 0) is 11.3 Å². The Balaban J connectivity index is 2.17. The van der Waals surface area contributed by atoms with Gasteiger partial charge in [-0.25, -0.2) is 0 Å². The predicted octanol–water partition coefficient (Wildman–Crippen LogP) is 1.61. The molecule has 0 aromatic carbocycles. The van der Waals surface area contributed by atoms with Crippen molar-refractivity contribution >= 4 is 17.7 Å². The van der Waals surface area contributed by atoms with Crippen LogP contribution in [0.3, 0.4) is 0 Å². The normalized spacial score (nSPS) is 16.5. The van der Waals surface area contributed by atoms with Gasteiger partial charge in [0.05, 0.1) is 5.75 Å². The number of rotatable bonds is 6. The molecule has 1 saturated carbocycles. The van der Waals surface area contributed by atoms with E-state index < -0.39 is 5.97 Å². The molecule has 0 aliphatic heterocycles. The summed E-state index contributed by atoms with van der Waals surface area (Å²) in [5.74, 6) is -0.975. The highest BCUT2D eigenvalue weighted by atomic mass is 32.2. The zero-order valence-electron chi connectivity index (χ0n) is 10.3. The Labute approximate surface area is 109 Å². The molecule has 18 heavy (non-hydrogen) atoms. The van der Waals surface area contributed by atoms with Gasteiger partial charge >= 0.3 is 5.97 Å². The van der Waals surface area contributed by atoms with Crippen LogP contribution in [0.15, 0.2) is 22.2 Å². The fourth-order valence-corrected chi connectivity index (χ4v) is 2.63. The van der Waals surface area contributed by atoms with Crippen molar-refractivity contribution in [3.63, 3.8) is 0 Å². The molecule has 0 atom stereocenters. The average molecular weight is 268 g/mol. The quantitative estimate of drug-likeness (QED) is 0.627. The number of nitrogens with zero attached hydrogens (tertiary/aromatic N) is 2. The second-order valence-electron chi connectivity index (χ2n) is 4.71. The van der Waals surface area contributed by atoms with Gasteiger partial charge in [0, 0.05) is 18.8 Å². The number of thioether (sulfide) groups is 1. The SMILES string of the molecule is CCC1(Cn2ccc(=O)nc2SCC(=O)O)CC1. The molecule has 1 aliphatic rings. The van der Waals surface area contributed by atoms with E-state index in [1.807, 2.05) is 4.57 Å². The summed E-state index contributed by atoms with van der Waals surface area (Å²) in [6.07, 6.45) is 5.20. The Kier molecular flexibility index (Phi) is 3.75.